The number of rotatable bonds is 1. The molecule has 0 saturated carbocycles. The van der Waals surface area contributed by atoms with Gasteiger partial charge in [-0.1, -0.05) is 30.3 Å². The van der Waals surface area contributed by atoms with Crippen molar-refractivity contribution in [3.63, 3.8) is 0 Å². The van der Waals surface area contributed by atoms with Crippen molar-refractivity contribution in [3.8, 4) is 0 Å². The van der Waals surface area contributed by atoms with Crippen LogP contribution >= 0.6 is 0 Å². The van der Waals surface area contributed by atoms with Crippen molar-refractivity contribution in [3.05, 3.63) is 70.8 Å². The summed E-state index contributed by atoms with van der Waals surface area (Å²) in [6.07, 6.45) is -4.45. The normalized spacial score (nSPS) is 21.0. The number of hydrogen-bond donors (Lipinski definition) is 2. The molecule has 3 rings (SSSR count). The first-order valence-electron chi connectivity index (χ1n) is 6.14. The molecule has 0 aromatic heterocycles. The summed E-state index contributed by atoms with van der Waals surface area (Å²) in [5.41, 5.74) is -1.81. The van der Waals surface area contributed by atoms with Crippen LogP contribution in [0, 0.1) is 0 Å². The van der Waals surface area contributed by atoms with Crippen molar-refractivity contribution in [2.45, 2.75) is 11.9 Å². The monoisotopic (exact) mass is 293 g/mol. The van der Waals surface area contributed by atoms with Crippen LogP contribution in [0.4, 0.5) is 13.2 Å². The highest BCUT2D eigenvalue weighted by molar-refractivity contribution is 6.00. The molecular formula is C15H10F3NO2. The van der Waals surface area contributed by atoms with Crippen LogP contribution < -0.4 is 5.32 Å². The molecule has 1 aliphatic rings. The third kappa shape index (κ3) is 2.08. The molecule has 0 aliphatic carbocycles. The molecule has 2 aromatic rings. The Labute approximate surface area is 118 Å². The second-order valence-corrected chi connectivity index (χ2v) is 4.79. The van der Waals surface area contributed by atoms with Crippen LogP contribution in [0.3, 0.4) is 0 Å². The zero-order valence-electron chi connectivity index (χ0n) is 10.6. The molecule has 1 atom stereocenters. The van der Waals surface area contributed by atoms with Gasteiger partial charge in [-0.25, -0.2) is 0 Å². The van der Waals surface area contributed by atoms with E-state index in [9.17, 15) is 23.1 Å². The molecule has 1 heterocycles. The van der Waals surface area contributed by atoms with Gasteiger partial charge in [-0.05, 0) is 18.2 Å². The number of fused-ring (bicyclic) bond motifs is 1. The van der Waals surface area contributed by atoms with E-state index in [0.717, 1.165) is 24.3 Å². The summed E-state index contributed by atoms with van der Waals surface area (Å²) in [6, 6.07) is 10.5. The van der Waals surface area contributed by atoms with Gasteiger partial charge in [0.15, 0.2) is 5.72 Å². The summed E-state index contributed by atoms with van der Waals surface area (Å²) >= 11 is 0. The topological polar surface area (TPSA) is 49.3 Å². The highest BCUT2D eigenvalue weighted by Crippen LogP contribution is 2.36. The Kier molecular flexibility index (Phi) is 2.81. The van der Waals surface area contributed by atoms with Gasteiger partial charge in [0.05, 0.1) is 5.56 Å². The Morgan fingerprint density at radius 3 is 2.24 bits per heavy atom. The average molecular weight is 293 g/mol. The minimum absolute atomic E-state index is 0.175. The Bertz CT molecular complexity index is 710. The summed E-state index contributed by atoms with van der Waals surface area (Å²) in [6.45, 7) is 0. The lowest BCUT2D eigenvalue weighted by molar-refractivity contribution is -0.137. The van der Waals surface area contributed by atoms with Crippen LogP contribution in [0.15, 0.2) is 48.5 Å². The van der Waals surface area contributed by atoms with Gasteiger partial charge < -0.3 is 10.4 Å². The molecule has 1 amide bonds. The smallest absolute Gasteiger partial charge is 0.363 e. The summed E-state index contributed by atoms with van der Waals surface area (Å²) in [4.78, 5) is 11.8. The summed E-state index contributed by atoms with van der Waals surface area (Å²) < 4.78 is 37.7. The van der Waals surface area contributed by atoms with Gasteiger partial charge >= 0.3 is 6.18 Å². The van der Waals surface area contributed by atoms with Crippen molar-refractivity contribution in [2.75, 3.05) is 0 Å². The van der Waals surface area contributed by atoms with Crippen molar-refractivity contribution < 1.29 is 23.1 Å². The zero-order valence-corrected chi connectivity index (χ0v) is 10.6. The van der Waals surface area contributed by atoms with Gasteiger partial charge in [0.1, 0.15) is 0 Å². The maximum atomic E-state index is 12.6. The number of halogens is 3. The number of nitrogens with one attached hydrogen (secondary N) is 1. The van der Waals surface area contributed by atoms with Crippen LogP contribution in [0.1, 0.15) is 27.0 Å². The summed E-state index contributed by atoms with van der Waals surface area (Å²) in [7, 11) is 0. The predicted molar refractivity (Wildman–Crippen MR) is 68.4 cm³/mol. The van der Waals surface area contributed by atoms with Crippen molar-refractivity contribution in [1.82, 2.24) is 5.32 Å². The summed E-state index contributed by atoms with van der Waals surface area (Å²) in [5.74, 6) is -0.465. The van der Waals surface area contributed by atoms with E-state index in [2.05, 4.69) is 5.32 Å². The maximum Gasteiger partial charge on any atom is 0.416 e. The van der Waals surface area contributed by atoms with E-state index >= 15 is 0 Å². The second-order valence-electron chi connectivity index (χ2n) is 4.79. The fraction of sp³-hybridized carbons (Fsp3) is 0.133. The Morgan fingerprint density at radius 2 is 1.62 bits per heavy atom. The number of aliphatic hydroxyl groups is 1. The molecule has 108 valence electrons. The molecule has 6 heteroatoms. The number of hydrogen-bond acceptors (Lipinski definition) is 2. The van der Waals surface area contributed by atoms with E-state index in [-0.39, 0.29) is 5.56 Å². The first-order chi connectivity index (χ1) is 9.82. The molecule has 2 aromatic carbocycles. The molecule has 3 nitrogen and oxygen atoms in total. The van der Waals surface area contributed by atoms with Crippen LogP contribution in [0.5, 0.6) is 0 Å². The van der Waals surface area contributed by atoms with E-state index in [1.807, 2.05) is 0 Å². The lowest BCUT2D eigenvalue weighted by Crippen LogP contribution is -2.40. The third-order valence-corrected chi connectivity index (χ3v) is 3.49. The molecule has 0 spiro atoms. The van der Waals surface area contributed by atoms with Crippen molar-refractivity contribution in [2.24, 2.45) is 0 Å². The average Bonchev–Trinajstić information content (AvgIpc) is 2.72. The minimum atomic E-state index is -4.45. The number of carbonyl (C=O) groups is 1. The molecule has 1 unspecified atom stereocenters. The van der Waals surface area contributed by atoms with E-state index in [1.54, 1.807) is 24.3 Å². The number of benzene rings is 2. The molecule has 2 N–H and O–H groups in total. The van der Waals surface area contributed by atoms with Gasteiger partial charge in [0.25, 0.3) is 5.91 Å². The third-order valence-electron chi connectivity index (χ3n) is 3.49. The minimum Gasteiger partial charge on any atom is -0.363 e. The number of alkyl halides is 3. The second kappa shape index (κ2) is 4.33. The molecule has 0 saturated heterocycles. The summed E-state index contributed by atoms with van der Waals surface area (Å²) in [5, 5.41) is 13.1. The van der Waals surface area contributed by atoms with Gasteiger partial charge in [-0.15, -0.1) is 0 Å². The molecule has 1 aliphatic heterocycles. The Morgan fingerprint density at radius 1 is 1.00 bits per heavy atom. The predicted octanol–water partition coefficient (Wildman–Crippen LogP) is 2.64. The van der Waals surface area contributed by atoms with E-state index in [4.69, 9.17) is 0 Å². The van der Waals surface area contributed by atoms with Crippen molar-refractivity contribution >= 4 is 5.91 Å². The van der Waals surface area contributed by atoms with E-state index in [0.29, 0.717) is 11.1 Å². The first-order valence-corrected chi connectivity index (χ1v) is 6.14. The molecular weight excluding hydrogens is 283 g/mol. The lowest BCUT2D eigenvalue weighted by atomic mass is 9.94. The molecule has 0 fully saturated rings. The molecule has 21 heavy (non-hydrogen) atoms. The van der Waals surface area contributed by atoms with Gasteiger partial charge in [-0.3, -0.25) is 4.79 Å². The van der Waals surface area contributed by atoms with Crippen molar-refractivity contribution in [1.29, 1.82) is 0 Å². The number of carbonyl (C=O) groups excluding carboxylic acids is 1. The lowest BCUT2D eigenvalue weighted by Gasteiger charge is -2.24. The van der Waals surface area contributed by atoms with Crippen LogP contribution in [-0.2, 0) is 11.9 Å². The quantitative estimate of drug-likeness (QED) is 0.849. The van der Waals surface area contributed by atoms with Gasteiger partial charge in [-0.2, -0.15) is 13.2 Å². The first kappa shape index (κ1) is 13.6. The Hall–Kier alpha value is -2.34. The highest BCUT2D eigenvalue weighted by Gasteiger charge is 2.43. The van der Waals surface area contributed by atoms with E-state index in [1.165, 1.54) is 0 Å². The fourth-order valence-corrected chi connectivity index (χ4v) is 2.42. The zero-order chi connectivity index (χ0) is 15.3. The SMILES string of the molecule is O=C1NC(O)(c2ccc(C(F)(F)F)cc2)c2ccccc21. The van der Waals surface area contributed by atoms with Crippen LogP contribution in [0.25, 0.3) is 0 Å². The standard InChI is InChI=1S/C15H10F3NO2/c16-15(17,18)10-7-5-9(6-8-10)14(21)12-4-2-1-3-11(12)13(20)19-14/h1-8,21H,(H,19,20). The van der Waals surface area contributed by atoms with Gasteiger partial charge in [0.2, 0.25) is 0 Å². The van der Waals surface area contributed by atoms with E-state index < -0.39 is 23.4 Å². The highest BCUT2D eigenvalue weighted by atomic mass is 19.4. The van der Waals surface area contributed by atoms with Gasteiger partial charge in [0, 0.05) is 16.7 Å². The maximum absolute atomic E-state index is 12.6. The van der Waals surface area contributed by atoms with Crippen LogP contribution in [-0.4, -0.2) is 11.0 Å². The molecule has 0 bridgehead atoms. The Balaban J connectivity index is 2.07. The largest absolute Gasteiger partial charge is 0.416 e. The number of amides is 1. The van der Waals surface area contributed by atoms with Crippen LogP contribution in [0.2, 0.25) is 0 Å². The molecule has 0 radical (unpaired) electrons. The fourth-order valence-electron chi connectivity index (χ4n) is 2.42.